The number of furan rings is 1. The SMILES string of the molecule is Cc1ccc(N(c2ccc(C(C)(C)C)cc2)c2ccc3c4c(c5ccccc5c3c2)-c2c(cc(N(c3ccc(C(C)(C)C)cc3)c3ccc(C)cn3)c3c2oc2ccccc23)C4(c2ccccc2)c2ccccc2)nc1. The summed E-state index contributed by atoms with van der Waals surface area (Å²) in [5, 5.41) is 6.74. The fraction of sp³-hybridized carbons (Fsp3) is 0.155. The van der Waals surface area contributed by atoms with Crippen LogP contribution in [0.2, 0.25) is 0 Å². The summed E-state index contributed by atoms with van der Waals surface area (Å²) >= 11 is 0. The molecule has 0 atom stereocenters. The van der Waals surface area contributed by atoms with Crippen LogP contribution in [0.4, 0.5) is 34.4 Å². The average molecular weight is 985 g/mol. The Morgan fingerprint density at radius 1 is 0.421 bits per heavy atom. The molecule has 5 heteroatoms. The lowest BCUT2D eigenvalue weighted by Crippen LogP contribution is -2.29. The van der Waals surface area contributed by atoms with Crippen molar-refractivity contribution in [2.45, 2.75) is 71.6 Å². The summed E-state index contributed by atoms with van der Waals surface area (Å²) in [6.45, 7) is 17.8. The zero-order valence-electron chi connectivity index (χ0n) is 44.5. The number of aryl methyl sites for hydroxylation is 2. The van der Waals surface area contributed by atoms with E-state index in [4.69, 9.17) is 14.4 Å². The Kier molecular flexibility index (Phi) is 10.9. The number of para-hydroxylation sites is 1. The molecule has 0 unspecified atom stereocenters. The molecule has 0 saturated heterocycles. The molecular formula is C71H60N4O. The highest BCUT2D eigenvalue weighted by atomic mass is 16.3. The van der Waals surface area contributed by atoms with Crippen LogP contribution in [0.25, 0.3) is 54.6 Å². The molecule has 370 valence electrons. The van der Waals surface area contributed by atoms with Crippen LogP contribution in [0.5, 0.6) is 0 Å². The molecule has 1 aliphatic rings. The second-order valence-electron chi connectivity index (χ2n) is 22.8. The maximum atomic E-state index is 7.45. The van der Waals surface area contributed by atoms with Crippen LogP contribution in [0.1, 0.15) is 86.1 Å². The van der Waals surface area contributed by atoms with Gasteiger partial charge in [-0.3, -0.25) is 9.80 Å². The number of nitrogens with zero attached hydrogens (tertiary/aromatic N) is 4. The highest BCUT2D eigenvalue weighted by molar-refractivity contribution is 6.26. The van der Waals surface area contributed by atoms with E-state index in [1.165, 1.54) is 44.2 Å². The Morgan fingerprint density at radius 2 is 0.921 bits per heavy atom. The van der Waals surface area contributed by atoms with E-state index >= 15 is 0 Å². The predicted molar refractivity (Wildman–Crippen MR) is 318 cm³/mol. The lowest BCUT2D eigenvalue weighted by molar-refractivity contribution is 0.590. The van der Waals surface area contributed by atoms with Gasteiger partial charge in [-0.25, -0.2) is 9.97 Å². The highest BCUT2D eigenvalue weighted by Gasteiger charge is 2.50. The zero-order valence-corrected chi connectivity index (χ0v) is 44.5. The molecule has 3 heterocycles. The van der Waals surface area contributed by atoms with Gasteiger partial charge < -0.3 is 4.42 Å². The number of hydrogen-bond acceptors (Lipinski definition) is 5. The quantitative estimate of drug-likeness (QED) is 0.142. The van der Waals surface area contributed by atoms with Crippen molar-refractivity contribution >= 4 is 77.9 Å². The van der Waals surface area contributed by atoms with Gasteiger partial charge in [-0.05, 0) is 157 Å². The standard InChI is InChI=1S/C71H60N4O/c1-45-27-39-62(72-43-45)74(51-33-29-47(30-34-51)69(3,4)5)53-37-38-56-58(41-53)54-23-15-16-24-55(54)65-66-59(71(67(56)65,49-19-11-9-12-20-49)50-21-13-10-14-22-50)42-60(64-57-25-17-18-26-61(57)76-68(64)66)75(63-40-28-46(2)44-73-63)52-35-31-48(32-36-52)70(6,7)8/h9-44H,1-8H3. The predicted octanol–water partition coefficient (Wildman–Crippen LogP) is 19.2. The van der Waals surface area contributed by atoms with Crippen LogP contribution >= 0.6 is 0 Å². The van der Waals surface area contributed by atoms with Gasteiger partial charge in [0.25, 0.3) is 0 Å². The first-order valence-electron chi connectivity index (χ1n) is 26.5. The Hall–Kier alpha value is -8.80. The van der Waals surface area contributed by atoms with Gasteiger partial charge in [-0.1, -0.05) is 187 Å². The monoisotopic (exact) mass is 984 g/mol. The van der Waals surface area contributed by atoms with Gasteiger partial charge >= 0.3 is 0 Å². The van der Waals surface area contributed by atoms with Crippen molar-refractivity contribution in [2.75, 3.05) is 9.80 Å². The summed E-state index contributed by atoms with van der Waals surface area (Å²) in [4.78, 5) is 14.9. The van der Waals surface area contributed by atoms with Crippen molar-refractivity contribution in [3.05, 3.63) is 263 Å². The van der Waals surface area contributed by atoms with Crippen molar-refractivity contribution in [3.8, 4) is 11.1 Å². The number of hydrogen-bond donors (Lipinski definition) is 0. The summed E-state index contributed by atoms with van der Waals surface area (Å²) in [7, 11) is 0. The van der Waals surface area contributed by atoms with Gasteiger partial charge in [0.05, 0.1) is 16.5 Å². The largest absolute Gasteiger partial charge is 0.455 e. The summed E-state index contributed by atoms with van der Waals surface area (Å²) < 4.78 is 7.45. The smallest absolute Gasteiger partial charge is 0.145 e. The minimum atomic E-state index is -0.831. The number of fused-ring (bicyclic) bond motifs is 12. The van der Waals surface area contributed by atoms with E-state index in [9.17, 15) is 0 Å². The van der Waals surface area contributed by atoms with Crippen LogP contribution in [0.15, 0.2) is 223 Å². The van der Waals surface area contributed by atoms with Crippen molar-refractivity contribution in [3.63, 3.8) is 0 Å². The summed E-state index contributed by atoms with van der Waals surface area (Å²) in [5.74, 6) is 1.68. The van der Waals surface area contributed by atoms with Gasteiger partial charge in [0.15, 0.2) is 0 Å². The first-order valence-corrected chi connectivity index (χ1v) is 26.5. The van der Waals surface area contributed by atoms with Crippen molar-refractivity contribution in [2.24, 2.45) is 0 Å². The molecule has 1 aliphatic carbocycles. The molecule has 3 aromatic heterocycles. The van der Waals surface area contributed by atoms with Gasteiger partial charge in [-0.2, -0.15) is 0 Å². The molecule has 76 heavy (non-hydrogen) atoms. The maximum absolute atomic E-state index is 7.45. The zero-order chi connectivity index (χ0) is 52.1. The lowest BCUT2D eigenvalue weighted by atomic mass is 9.66. The molecule has 0 aliphatic heterocycles. The van der Waals surface area contributed by atoms with Gasteiger partial charge in [0.2, 0.25) is 0 Å². The molecule has 0 radical (unpaired) electrons. The fourth-order valence-electron chi connectivity index (χ4n) is 12.1. The van der Waals surface area contributed by atoms with Crippen LogP contribution in [0.3, 0.4) is 0 Å². The molecule has 13 rings (SSSR count). The minimum Gasteiger partial charge on any atom is -0.455 e. The Bertz CT molecular complexity index is 4130. The van der Waals surface area contributed by atoms with E-state index in [1.807, 2.05) is 12.4 Å². The second kappa shape index (κ2) is 17.7. The highest BCUT2D eigenvalue weighted by Crippen LogP contribution is 2.64. The fourth-order valence-corrected chi connectivity index (χ4v) is 12.1. The third kappa shape index (κ3) is 7.43. The number of rotatable bonds is 8. The van der Waals surface area contributed by atoms with Crippen molar-refractivity contribution in [1.82, 2.24) is 9.97 Å². The molecule has 0 saturated carbocycles. The molecule has 9 aromatic carbocycles. The third-order valence-corrected chi connectivity index (χ3v) is 15.8. The lowest BCUT2D eigenvalue weighted by Gasteiger charge is -2.36. The summed E-state index contributed by atoms with van der Waals surface area (Å²) in [6.07, 6.45) is 3.94. The van der Waals surface area contributed by atoms with Crippen LogP contribution in [-0.4, -0.2) is 9.97 Å². The number of pyridine rings is 2. The summed E-state index contributed by atoms with van der Waals surface area (Å²) in [5.41, 5.74) is 16.7. The molecule has 5 nitrogen and oxygen atoms in total. The Labute approximate surface area is 445 Å². The van der Waals surface area contributed by atoms with Crippen LogP contribution in [0, 0.1) is 13.8 Å². The van der Waals surface area contributed by atoms with E-state index < -0.39 is 5.41 Å². The molecule has 0 N–H and O–H groups in total. The molecule has 0 spiro atoms. The van der Waals surface area contributed by atoms with Crippen molar-refractivity contribution in [1.29, 1.82) is 0 Å². The molecule has 0 amide bonds. The topological polar surface area (TPSA) is 45.4 Å². The van der Waals surface area contributed by atoms with Gasteiger partial charge in [0.1, 0.15) is 22.8 Å². The number of aromatic nitrogens is 2. The first-order chi connectivity index (χ1) is 36.8. The van der Waals surface area contributed by atoms with Gasteiger partial charge in [-0.15, -0.1) is 0 Å². The van der Waals surface area contributed by atoms with Crippen molar-refractivity contribution < 1.29 is 4.42 Å². The van der Waals surface area contributed by atoms with E-state index in [0.717, 1.165) is 89.4 Å². The third-order valence-electron chi connectivity index (χ3n) is 15.8. The minimum absolute atomic E-state index is 0.0115. The number of benzene rings is 9. The van der Waals surface area contributed by atoms with E-state index in [-0.39, 0.29) is 10.8 Å². The normalized spacial score (nSPS) is 13.1. The van der Waals surface area contributed by atoms with Gasteiger partial charge in [0, 0.05) is 40.4 Å². The first kappa shape index (κ1) is 46.9. The van der Waals surface area contributed by atoms with E-state index in [2.05, 4.69) is 271 Å². The molecule has 0 fully saturated rings. The molecule has 12 aromatic rings. The molecular weight excluding hydrogens is 925 g/mol. The Morgan fingerprint density at radius 3 is 1.47 bits per heavy atom. The van der Waals surface area contributed by atoms with E-state index in [1.54, 1.807) is 0 Å². The Balaban J connectivity index is 1.18. The van der Waals surface area contributed by atoms with Crippen LogP contribution in [-0.2, 0) is 16.2 Å². The van der Waals surface area contributed by atoms with E-state index in [0.29, 0.717) is 0 Å². The van der Waals surface area contributed by atoms with Crippen LogP contribution < -0.4 is 9.80 Å². The maximum Gasteiger partial charge on any atom is 0.145 e. The number of anilines is 6. The average Bonchev–Trinajstić information content (AvgIpc) is 4.21. The molecule has 0 bridgehead atoms. The summed E-state index contributed by atoms with van der Waals surface area (Å²) in [6, 6.07) is 76.0. The second-order valence-corrected chi connectivity index (χ2v) is 22.8.